The SMILES string of the molecule is C1CCC([NH2+]C2CCCCC2)CC1.CC(=O)OCC(NC(=O)OC(C)(C)C)C(=O)[O-]. The van der Waals surface area contributed by atoms with E-state index in [4.69, 9.17) is 4.74 Å². The molecule has 1 atom stereocenters. The number of hydrogen-bond donors (Lipinski definition) is 2. The molecule has 0 heterocycles. The van der Waals surface area contributed by atoms with Crippen LogP contribution in [0.5, 0.6) is 0 Å². The molecular weight excluding hydrogens is 388 g/mol. The van der Waals surface area contributed by atoms with E-state index in [0.717, 1.165) is 19.0 Å². The van der Waals surface area contributed by atoms with Crippen LogP contribution in [0.4, 0.5) is 4.79 Å². The molecular formula is C22H40N2O6. The number of carboxylic acids is 1. The first-order valence-corrected chi connectivity index (χ1v) is 11.3. The van der Waals surface area contributed by atoms with Gasteiger partial charge < -0.3 is 30.0 Å². The number of carbonyl (C=O) groups is 3. The molecule has 0 aromatic rings. The Labute approximate surface area is 180 Å². The quantitative estimate of drug-likeness (QED) is 0.617. The molecule has 2 saturated carbocycles. The molecule has 2 fully saturated rings. The Morgan fingerprint density at radius 1 is 0.967 bits per heavy atom. The van der Waals surface area contributed by atoms with E-state index in [1.807, 2.05) is 5.32 Å². The number of ether oxygens (including phenoxy) is 2. The number of quaternary nitrogens is 1. The highest BCUT2D eigenvalue weighted by atomic mass is 16.6. The zero-order chi connectivity index (χ0) is 22.6. The number of hydrogen-bond acceptors (Lipinski definition) is 6. The molecule has 0 aromatic heterocycles. The first kappa shape index (κ1) is 26.2. The lowest BCUT2D eigenvalue weighted by Crippen LogP contribution is -2.95. The fraction of sp³-hybridized carbons (Fsp3) is 0.864. The minimum Gasteiger partial charge on any atom is -0.548 e. The summed E-state index contributed by atoms with van der Waals surface area (Å²) in [5.41, 5.74) is -0.748. The Balaban J connectivity index is 0.000000308. The van der Waals surface area contributed by atoms with E-state index in [9.17, 15) is 19.5 Å². The van der Waals surface area contributed by atoms with E-state index in [1.165, 1.54) is 64.2 Å². The van der Waals surface area contributed by atoms with Gasteiger partial charge in [0.05, 0.1) is 18.1 Å². The van der Waals surface area contributed by atoms with Gasteiger partial charge in [0, 0.05) is 6.92 Å². The highest BCUT2D eigenvalue weighted by molar-refractivity contribution is 5.79. The lowest BCUT2D eigenvalue weighted by atomic mass is 9.91. The number of aliphatic carboxylic acids is 1. The normalized spacial score (nSPS) is 19.1. The Kier molecular flexibility index (Phi) is 11.8. The summed E-state index contributed by atoms with van der Waals surface area (Å²) in [6.07, 6.45) is 14.0. The zero-order valence-corrected chi connectivity index (χ0v) is 19.0. The topological polar surface area (TPSA) is 121 Å². The standard InChI is InChI=1S/C12H23N.C10H17NO6/c1-3-7-11(8-4-1)13-12-9-5-2-6-10-12;1-6(12)16-5-7(8(13)14)11-9(15)17-10(2,3)4/h11-13H,1-10H2;7H,5H2,1-4H3,(H,11,15)(H,13,14). The Hall–Kier alpha value is -1.83. The van der Waals surface area contributed by atoms with Crippen molar-refractivity contribution in [3.05, 3.63) is 0 Å². The zero-order valence-electron chi connectivity index (χ0n) is 19.0. The minimum atomic E-state index is -1.56. The lowest BCUT2D eigenvalue weighted by Gasteiger charge is -2.27. The van der Waals surface area contributed by atoms with E-state index in [1.54, 1.807) is 20.8 Å². The van der Waals surface area contributed by atoms with Crippen LogP contribution in [0.2, 0.25) is 0 Å². The number of esters is 1. The Morgan fingerprint density at radius 2 is 1.43 bits per heavy atom. The van der Waals surface area contributed by atoms with Crippen LogP contribution in [-0.2, 0) is 19.1 Å². The van der Waals surface area contributed by atoms with Crippen molar-refractivity contribution in [2.45, 2.75) is 116 Å². The summed E-state index contributed by atoms with van der Waals surface area (Å²) in [6.45, 7) is 5.52. The van der Waals surface area contributed by atoms with Crippen molar-refractivity contribution in [2.24, 2.45) is 0 Å². The second-order valence-electron chi connectivity index (χ2n) is 9.31. The number of carboxylic acid groups (broad SMARTS) is 1. The molecule has 0 radical (unpaired) electrons. The van der Waals surface area contributed by atoms with Gasteiger partial charge in [-0.1, -0.05) is 12.8 Å². The van der Waals surface area contributed by atoms with Gasteiger partial charge in [0.15, 0.2) is 0 Å². The van der Waals surface area contributed by atoms with Crippen molar-refractivity contribution in [3.8, 4) is 0 Å². The van der Waals surface area contributed by atoms with Crippen LogP contribution in [0.15, 0.2) is 0 Å². The van der Waals surface area contributed by atoms with Gasteiger partial charge in [-0.05, 0) is 72.1 Å². The molecule has 0 spiro atoms. The smallest absolute Gasteiger partial charge is 0.408 e. The van der Waals surface area contributed by atoms with Crippen LogP contribution >= 0.6 is 0 Å². The highest BCUT2D eigenvalue weighted by Gasteiger charge is 2.23. The summed E-state index contributed by atoms with van der Waals surface area (Å²) in [5.74, 6) is -2.21. The monoisotopic (exact) mass is 428 g/mol. The molecule has 2 aliphatic carbocycles. The average Bonchev–Trinajstić information content (AvgIpc) is 2.65. The third kappa shape index (κ3) is 12.7. The summed E-state index contributed by atoms with van der Waals surface area (Å²) in [4.78, 5) is 32.4. The van der Waals surface area contributed by atoms with Crippen LogP contribution in [-0.4, -0.2) is 48.4 Å². The fourth-order valence-corrected chi connectivity index (χ4v) is 3.86. The summed E-state index contributed by atoms with van der Waals surface area (Å²) in [7, 11) is 0. The maximum Gasteiger partial charge on any atom is 0.408 e. The van der Waals surface area contributed by atoms with Crippen molar-refractivity contribution in [1.82, 2.24) is 5.32 Å². The van der Waals surface area contributed by atoms with Crippen molar-refractivity contribution in [2.75, 3.05) is 6.61 Å². The predicted molar refractivity (Wildman–Crippen MR) is 110 cm³/mol. The molecule has 8 nitrogen and oxygen atoms in total. The first-order valence-electron chi connectivity index (χ1n) is 11.3. The highest BCUT2D eigenvalue weighted by Crippen LogP contribution is 2.18. The minimum absolute atomic E-state index is 0.503. The van der Waals surface area contributed by atoms with Crippen LogP contribution < -0.4 is 15.7 Å². The van der Waals surface area contributed by atoms with Gasteiger partial charge in [-0.15, -0.1) is 0 Å². The molecule has 0 aliphatic heterocycles. The first-order chi connectivity index (χ1) is 14.1. The number of carbonyl (C=O) groups excluding carboxylic acids is 3. The second kappa shape index (κ2) is 13.5. The van der Waals surface area contributed by atoms with Gasteiger partial charge in [0.25, 0.3) is 0 Å². The number of alkyl carbamates (subject to hydrolysis) is 1. The van der Waals surface area contributed by atoms with E-state index < -0.39 is 36.3 Å². The van der Waals surface area contributed by atoms with Gasteiger partial charge in [-0.25, -0.2) is 4.79 Å². The summed E-state index contributed by atoms with van der Waals surface area (Å²) >= 11 is 0. The van der Waals surface area contributed by atoms with Crippen LogP contribution in [0.25, 0.3) is 0 Å². The Bertz CT molecular complexity index is 518. The third-order valence-electron chi connectivity index (χ3n) is 5.27. The summed E-state index contributed by atoms with van der Waals surface area (Å²) < 4.78 is 9.31. The van der Waals surface area contributed by atoms with Gasteiger partial charge >= 0.3 is 12.1 Å². The van der Waals surface area contributed by atoms with Crippen LogP contribution in [0.1, 0.15) is 91.9 Å². The molecule has 30 heavy (non-hydrogen) atoms. The third-order valence-corrected chi connectivity index (χ3v) is 5.27. The van der Waals surface area contributed by atoms with Crippen molar-refractivity contribution in [1.29, 1.82) is 0 Å². The Morgan fingerprint density at radius 3 is 1.80 bits per heavy atom. The number of nitrogens with one attached hydrogen (secondary N) is 1. The van der Waals surface area contributed by atoms with E-state index in [2.05, 4.69) is 10.1 Å². The number of amides is 1. The average molecular weight is 429 g/mol. The van der Waals surface area contributed by atoms with E-state index in [0.29, 0.717) is 0 Å². The number of rotatable bonds is 6. The molecule has 0 aromatic carbocycles. The van der Waals surface area contributed by atoms with Crippen molar-refractivity contribution in [3.63, 3.8) is 0 Å². The fourth-order valence-electron chi connectivity index (χ4n) is 3.86. The molecule has 1 amide bonds. The molecule has 8 heteroatoms. The van der Waals surface area contributed by atoms with Crippen molar-refractivity contribution < 1.29 is 34.3 Å². The molecule has 174 valence electrons. The summed E-state index contributed by atoms with van der Waals surface area (Å²) in [5, 5.41) is 15.4. The second-order valence-corrected chi connectivity index (χ2v) is 9.31. The molecule has 3 N–H and O–H groups in total. The van der Waals surface area contributed by atoms with Crippen LogP contribution in [0, 0.1) is 0 Å². The maximum absolute atomic E-state index is 11.3. The molecule has 0 saturated heterocycles. The van der Waals surface area contributed by atoms with Gasteiger partial charge in [-0.3, -0.25) is 4.79 Å². The molecule has 2 rings (SSSR count). The van der Waals surface area contributed by atoms with E-state index >= 15 is 0 Å². The molecule has 1 unspecified atom stereocenters. The van der Waals surface area contributed by atoms with Gasteiger partial charge in [0.2, 0.25) is 0 Å². The van der Waals surface area contributed by atoms with Gasteiger partial charge in [0.1, 0.15) is 18.2 Å². The number of nitrogens with two attached hydrogens (primary N) is 1. The summed E-state index contributed by atoms with van der Waals surface area (Å²) in [6, 6.07) is 0.558. The van der Waals surface area contributed by atoms with E-state index in [-0.39, 0.29) is 0 Å². The van der Waals surface area contributed by atoms with Gasteiger partial charge in [-0.2, -0.15) is 0 Å². The largest absolute Gasteiger partial charge is 0.548 e. The molecule has 2 aliphatic rings. The maximum atomic E-state index is 11.3. The van der Waals surface area contributed by atoms with Crippen LogP contribution in [0.3, 0.4) is 0 Å². The van der Waals surface area contributed by atoms with Crippen molar-refractivity contribution >= 4 is 18.0 Å². The predicted octanol–water partition coefficient (Wildman–Crippen LogP) is 1.41. The lowest BCUT2D eigenvalue weighted by molar-refractivity contribution is -0.725. The molecule has 0 bridgehead atoms.